The normalized spacial score (nSPS) is 19.1. The van der Waals surface area contributed by atoms with Crippen LogP contribution >= 0.6 is 24.0 Å². The minimum absolute atomic E-state index is 0. The van der Waals surface area contributed by atoms with Crippen LogP contribution in [-0.2, 0) is 12.8 Å². The van der Waals surface area contributed by atoms with Crippen LogP contribution in [0.3, 0.4) is 0 Å². The van der Waals surface area contributed by atoms with Crippen LogP contribution in [0, 0.1) is 0 Å². The Morgan fingerprint density at radius 2 is 1.69 bits per heavy atom. The van der Waals surface area contributed by atoms with Crippen LogP contribution in [0.1, 0.15) is 50.7 Å². The first kappa shape index (κ1) is 21.5. The monoisotopic (exact) mass is 470 g/mol. The molecule has 1 aromatic carbocycles. The zero-order chi connectivity index (χ0) is 17.5. The number of benzene rings is 1. The molecular formula is C21H35IN4. The van der Waals surface area contributed by atoms with E-state index in [0.29, 0.717) is 6.04 Å². The fraction of sp³-hybridized carbons (Fsp3) is 0.667. The zero-order valence-corrected chi connectivity index (χ0v) is 18.7. The molecular weight excluding hydrogens is 435 g/mol. The third-order valence-electron chi connectivity index (χ3n) is 5.38. The number of halogens is 1. The van der Waals surface area contributed by atoms with E-state index in [2.05, 4.69) is 53.6 Å². The Bertz CT molecular complexity index is 546. The fourth-order valence-electron chi connectivity index (χ4n) is 3.60. The van der Waals surface area contributed by atoms with Gasteiger partial charge in [0.1, 0.15) is 0 Å². The Hall–Kier alpha value is -0.820. The van der Waals surface area contributed by atoms with Gasteiger partial charge in [-0.2, -0.15) is 0 Å². The van der Waals surface area contributed by atoms with Crippen molar-refractivity contribution in [2.45, 2.75) is 64.5 Å². The zero-order valence-electron chi connectivity index (χ0n) is 16.3. The van der Waals surface area contributed by atoms with Gasteiger partial charge in [-0.15, -0.1) is 24.0 Å². The van der Waals surface area contributed by atoms with Crippen LogP contribution in [0.5, 0.6) is 0 Å². The summed E-state index contributed by atoms with van der Waals surface area (Å²) in [6, 6.07) is 10.4. The molecule has 1 aliphatic carbocycles. The SMILES string of the molecule is CCNC(=NCCc1ccc(CC)cc1)NC1CCN(C2CC2)CC1.I. The van der Waals surface area contributed by atoms with Gasteiger partial charge in [0.2, 0.25) is 0 Å². The number of nitrogens with zero attached hydrogens (tertiary/aromatic N) is 2. The number of nitrogens with one attached hydrogen (secondary N) is 2. The Balaban J connectivity index is 0.00000243. The van der Waals surface area contributed by atoms with Crippen LogP contribution < -0.4 is 10.6 Å². The van der Waals surface area contributed by atoms with Crippen molar-refractivity contribution < 1.29 is 0 Å². The number of hydrogen-bond acceptors (Lipinski definition) is 2. The maximum Gasteiger partial charge on any atom is 0.191 e. The molecule has 0 aromatic heterocycles. The summed E-state index contributed by atoms with van der Waals surface area (Å²) in [6.07, 6.45) is 7.41. The van der Waals surface area contributed by atoms with Crippen molar-refractivity contribution >= 4 is 29.9 Å². The lowest BCUT2D eigenvalue weighted by atomic mass is 10.1. The minimum Gasteiger partial charge on any atom is -0.357 e. The fourth-order valence-corrected chi connectivity index (χ4v) is 3.60. The molecule has 26 heavy (non-hydrogen) atoms. The molecule has 2 fully saturated rings. The second-order valence-electron chi connectivity index (χ2n) is 7.37. The van der Waals surface area contributed by atoms with Gasteiger partial charge in [-0.1, -0.05) is 31.2 Å². The molecule has 0 spiro atoms. The predicted molar refractivity (Wildman–Crippen MR) is 122 cm³/mol. The molecule has 0 bridgehead atoms. The molecule has 0 unspecified atom stereocenters. The van der Waals surface area contributed by atoms with Gasteiger partial charge in [0, 0.05) is 38.3 Å². The molecule has 1 aliphatic heterocycles. The van der Waals surface area contributed by atoms with Crippen molar-refractivity contribution in [1.29, 1.82) is 0 Å². The number of hydrogen-bond donors (Lipinski definition) is 2. The Labute approximate surface area is 176 Å². The third-order valence-corrected chi connectivity index (χ3v) is 5.38. The Morgan fingerprint density at radius 3 is 2.27 bits per heavy atom. The lowest BCUT2D eigenvalue weighted by Gasteiger charge is -2.33. The van der Waals surface area contributed by atoms with E-state index in [9.17, 15) is 0 Å². The van der Waals surface area contributed by atoms with Crippen LogP contribution in [0.2, 0.25) is 0 Å². The lowest BCUT2D eigenvalue weighted by Crippen LogP contribution is -2.49. The second-order valence-corrected chi connectivity index (χ2v) is 7.37. The van der Waals surface area contributed by atoms with Crippen LogP contribution in [-0.4, -0.2) is 49.1 Å². The molecule has 5 heteroatoms. The summed E-state index contributed by atoms with van der Waals surface area (Å²) in [6.45, 7) is 8.57. The molecule has 1 saturated carbocycles. The van der Waals surface area contributed by atoms with Gasteiger partial charge in [-0.25, -0.2) is 0 Å². The van der Waals surface area contributed by atoms with E-state index in [1.165, 1.54) is 49.9 Å². The number of rotatable bonds is 7. The summed E-state index contributed by atoms with van der Waals surface area (Å²) < 4.78 is 0. The number of likely N-dealkylation sites (tertiary alicyclic amines) is 1. The second kappa shape index (κ2) is 11.1. The van der Waals surface area contributed by atoms with E-state index >= 15 is 0 Å². The van der Waals surface area contributed by atoms with Gasteiger partial charge >= 0.3 is 0 Å². The van der Waals surface area contributed by atoms with Crippen LogP contribution in [0.15, 0.2) is 29.3 Å². The summed E-state index contributed by atoms with van der Waals surface area (Å²) in [5.41, 5.74) is 2.77. The van der Waals surface area contributed by atoms with Crippen molar-refractivity contribution in [3.8, 4) is 0 Å². The van der Waals surface area contributed by atoms with E-state index in [1.807, 2.05) is 0 Å². The van der Waals surface area contributed by atoms with Gasteiger partial charge in [0.05, 0.1) is 0 Å². The van der Waals surface area contributed by atoms with E-state index < -0.39 is 0 Å². The third kappa shape index (κ3) is 6.72. The molecule has 1 saturated heterocycles. The summed E-state index contributed by atoms with van der Waals surface area (Å²) in [7, 11) is 0. The first-order valence-corrected chi connectivity index (χ1v) is 10.1. The summed E-state index contributed by atoms with van der Waals surface area (Å²) >= 11 is 0. The first-order valence-electron chi connectivity index (χ1n) is 10.1. The maximum absolute atomic E-state index is 4.79. The van der Waals surface area contributed by atoms with Crippen LogP contribution in [0.4, 0.5) is 0 Å². The molecule has 2 N–H and O–H groups in total. The van der Waals surface area contributed by atoms with Gasteiger partial charge in [-0.05, 0) is 56.6 Å². The number of aliphatic imine (C=N–C) groups is 1. The molecule has 4 nitrogen and oxygen atoms in total. The summed E-state index contributed by atoms with van der Waals surface area (Å²) in [5.74, 6) is 0.984. The maximum atomic E-state index is 4.79. The van der Waals surface area contributed by atoms with Crippen molar-refractivity contribution in [1.82, 2.24) is 15.5 Å². The highest BCUT2D eigenvalue weighted by atomic mass is 127. The van der Waals surface area contributed by atoms with E-state index in [-0.39, 0.29) is 24.0 Å². The number of guanidine groups is 1. The van der Waals surface area contributed by atoms with Gasteiger partial charge in [-0.3, -0.25) is 4.99 Å². The highest BCUT2D eigenvalue weighted by Crippen LogP contribution is 2.29. The van der Waals surface area contributed by atoms with Crippen molar-refractivity contribution in [2.24, 2.45) is 4.99 Å². The molecule has 2 aliphatic rings. The Morgan fingerprint density at radius 1 is 1.04 bits per heavy atom. The standard InChI is InChI=1S/C21H34N4.HI/c1-3-17-5-7-18(8-6-17)11-14-23-21(22-4-2)24-19-12-15-25(16-13-19)20-9-10-20;/h5-8,19-20H,3-4,9-16H2,1-2H3,(H2,22,23,24);1H. The first-order chi connectivity index (χ1) is 12.3. The quantitative estimate of drug-likeness (QED) is 0.364. The average molecular weight is 470 g/mol. The molecule has 146 valence electrons. The molecule has 3 rings (SSSR count). The highest BCUT2D eigenvalue weighted by Gasteiger charge is 2.31. The Kier molecular flexibility index (Phi) is 9.19. The summed E-state index contributed by atoms with van der Waals surface area (Å²) in [4.78, 5) is 7.46. The average Bonchev–Trinajstić information content (AvgIpc) is 3.48. The molecule has 0 radical (unpaired) electrons. The van der Waals surface area contributed by atoms with Crippen LogP contribution in [0.25, 0.3) is 0 Å². The summed E-state index contributed by atoms with van der Waals surface area (Å²) in [5, 5.41) is 7.06. The molecule has 1 heterocycles. The molecule has 0 amide bonds. The van der Waals surface area contributed by atoms with Gasteiger partial charge < -0.3 is 15.5 Å². The van der Waals surface area contributed by atoms with Crippen molar-refractivity contribution in [3.63, 3.8) is 0 Å². The van der Waals surface area contributed by atoms with Gasteiger partial charge in [0.15, 0.2) is 5.96 Å². The van der Waals surface area contributed by atoms with Crippen molar-refractivity contribution in [2.75, 3.05) is 26.2 Å². The smallest absolute Gasteiger partial charge is 0.191 e. The van der Waals surface area contributed by atoms with Crippen molar-refractivity contribution in [3.05, 3.63) is 35.4 Å². The van der Waals surface area contributed by atoms with E-state index in [4.69, 9.17) is 4.99 Å². The van der Waals surface area contributed by atoms with E-state index in [1.54, 1.807) is 0 Å². The lowest BCUT2D eigenvalue weighted by molar-refractivity contribution is 0.197. The number of aryl methyl sites for hydroxylation is 1. The van der Waals surface area contributed by atoms with Gasteiger partial charge in [0.25, 0.3) is 0 Å². The largest absolute Gasteiger partial charge is 0.357 e. The molecule has 1 aromatic rings. The minimum atomic E-state index is 0. The number of piperidine rings is 1. The topological polar surface area (TPSA) is 39.7 Å². The highest BCUT2D eigenvalue weighted by molar-refractivity contribution is 14.0. The molecule has 0 atom stereocenters. The predicted octanol–water partition coefficient (Wildman–Crippen LogP) is 3.59. The van der Waals surface area contributed by atoms with E-state index in [0.717, 1.165) is 37.9 Å².